The molecule has 1 aliphatic carbocycles. The summed E-state index contributed by atoms with van der Waals surface area (Å²) in [4.78, 5) is 12.7. The maximum absolute atomic E-state index is 11.2. The maximum atomic E-state index is 11.2. The molecule has 2 N–H and O–H groups in total. The minimum Gasteiger partial charge on any atom is -0.465 e. The van der Waals surface area contributed by atoms with Gasteiger partial charge < -0.3 is 15.1 Å². The van der Waals surface area contributed by atoms with Crippen LogP contribution in [0.1, 0.15) is 33.6 Å². The lowest BCUT2D eigenvalue weighted by Crippen LogP contribution is -2.57. The molecule has 1 saturated carbocycles. The molecule has 0 spiro atoms. The number of hydrogen-bond acceptors (Lipinski definition) is 2. The summed E-state index contributed by atoms with van der Waals surface area (Å²) in [5.41, 5.74) is -0.472. The molecule has 86 valence electrons. The Labute approximate surface area is 89.9 Å². The Morgan fingerprint density at radius 3 is 2.40 bits per heavy atom. The maximum Gasteiger partial charge on any atom is 0.407 e. The summed E-state index contributed by atoms with van der Waals surface area (Å²) in [6.07, 6.45) is 0.233. The van der Waals surface area contributed by atoms with Gasteiger partial charge in [-0.15, -0.1) is 0 Å². The lowest BCUT2D eigenvalue weighted by Gasteiger charge is -2.47. The molecule has 0 radical (unpaired) electrons. The van der Waals surface area contributed by atoms with Crippen LogP contribution < -0.4 is 0 Å². The fourth-order valence-electron chi connectivity index (χ4n) is 3.26. The molecule has 1 heterocycles. The normalized spacial score (nSPS) is 39.9. The van der Waals surface area contributed by atoms with E-state index in [0.717, 1.165) is 6.42 Å². The molecule has 0 aromatic rings. The molecule has 2 fully saturated rings. The Balaban J connectivity index is 2.37. The Hall–Kier alpha value is -0.770. The zero-order chi connectivity index (χ0) is 11.4. The molecule has 1 saturated heterocycles. The van der Waals surface area contributed by atoms with Crippen LogP contribution in [-0.2, 0) is 0 Å². The average molecular weight is 213 g/mol. The monoisotopic (exact) mass is 213 g/mol. The molecule has 15 heavy (non-hydrogen) atoms. The van der Waals surface area contributed by atoms with E-state index in [2.05, 4.69) is 20.8 Å². The van der Waals surface area contributed by atoms with E-state index in [1.54, 1.807) is 4.90 Å². The highest BCUT2D eigenvalue weighted by atomic mass is 16.4. The van der Waals surface area contributed by atoms with Crippen LogP contribution in [0.3, 0.4) is 0 Å². The topological polar surface area (TPSA) is 60.8 Å². The molecular formula is C11H19NO3. The van der Waals surface area contributed by atoms with E-state index >= 15 is 0 Å². The molecule has 4 nitrogen and oxygen atoms in total. The van der Waals surface area contributed by atoms with Gasteiger partial charge >= 0.3 is 6.09 Å². The molecule has 3 atom stereocenters. The summed E-state index contributed by atoms with van der Waals surface area (Å²) in [6.45, 7) is 6.67. The number of piperidine rings is 1. The predicted molar refractivity (Wildman–Crippen MR) is 55.6 cm³/mol. The van der Waals surface area contributed by atoms with Crippen molar-refractivity contribution in [1.82, 2.24) is 4.90 Å². The Morgan fingerprint density at radius 2 is 2.00 bits per heavy atom. The molecular weight excluding hydrogens is 194 g/mol. The molecule has 2 aliphatic rings. The lowest BCUT2D eigenvalue weighted by molar-refractivity contribution is -0.0116. The largest absolute Gasteiger partial charge is 0.465 e. The number of aliphatic hydroxyl groups excluding tert-OH is 1. The summed E-state index contributed by atoms with van der Waals surface area (Å²) >= 11 is 0. The first-order valence-electron chi connectivity index (χ1n) is 5.46. The van der Waals surface area contributed by atoms with Crippen molar-refractivity contribution < 1.29 is 15.0 Å². The van der Waals surface area contributed by atoms with Crippen molar-refractivity contribution in [3.63, 3.8) is 0 Å². The highest BCUT2D eigenvalue weighted by Crippen LogP contribution is 2.55. The fraction of sp³-hybridized carbons (Fsp3) is 0.909. The summed E-state index contributed by atoms with van der Waals surface area (Å²) in [5.74, 6) is 0.139. The van der Waals surface area contributed by atoms with E-state index in [4.69, 9.17) is 0 Å². The van der Waals surface area contributed by atoms with Gasteiger partial charge in [-0.05, 0) is 18.3 Å². The van der Waals surface area contributed by atoms with Crippen LogP contribution in [0.15, 0.2) is 0 Å². The first kappa shape index (κ1) is 10.7. The van der Waals surface area contributed by atoms with Gasteiger partial charge in [0.25, 0.3) is 0 Å². The van der Waals surface area contributed by atoms with Crippen molar-refractivity contribution in [1.29, 1.82) is 0 Å². The van der Waals surface area contributed by atoms with E-state index in [9.17, 15) is 15.0 Å². The van der Waals surface area contributed by atoms with E-state index in [1.165, 1.54) is 0 Å². The molecule has 1 unspecified atom stereocenters. The minimum atomic E-state index is -0.848. The van der Waals surface area contributed by atoms with Gasteiger partial charge in [-0.3, -0.25) is 0 Å². The fourth-order valence-corrected chi connectivity index (χ4v) is 3.26. The van der Waals surface area contributed by atoms with Crippen molar-refractivity contribution >= 4 is 6.09 Å². The number of fused-ring (bicyclic) bond motifs is 2. The summed E-state index contributed by atoms with van der Waals surface area (Å²) in [7, 11) is 0. The van der Waals surface area contributed by atoms with Gasteiger partial charge in [-0.25, -0.2) is 4.79 Å². The minimum absolute atomic E-state index is 0.113. The molecule has 1 aliphatic heterocycles. The number of nitrogens with zero attached hydrogens (tertiary/aromatic N) is 1. The Morgan fingerprint density at radius 1 is 1.40 bits per heavy atom. The van der Waals surface area contributed by atoms with Gasteiger partial charge in [-0.2, -0.15) is 0 Å². The Kier molecular flexibility index (Phi) is 2.06. The van der Waals surface area contributed by atoms with E-state index < -0.39 is 6.09 Å². The van der Waals surface area contributed by atoms with Crippen LogP contribution in [0, 0.1) is 11.3 Å². The van der Waals surface area contributed by atoms with Crippen molar-refractivity contribution in [2.45, 2.75) is 45.3 Å². The van der Waals surface area contributed by atoms with Gasteiger partial charge in [0.2, 0.25) is 0 Å². The third-order valence-corrected chi connectivity index (χ3v) is 4.25. The van der Waals surface area contributed by atoms with Crippen molar-refractivity contribution in [3.05, 3.63) is 0 Å². The van der Waals surface area contributed by atoms with E-state index in [-0.39, 0.29) is 23.0 Å². The smallest absolute Gasteiger partial charge is 0.407 e. The second-order valence-corrected chi connectivity index (χ2v) is 5.91. The van der Waals surface area contributed by atoms with Crippen LogP contribution in [0.2, 0.25) is 0 Å². The van der Waals surface area contributed by atoms with Crippen molar-refractivity contribution in [3.8, 4) is 0 Å². The molecule has 1 amide bonds. The van der Waals surface area contributed by atoms with Crippen molar-refractivity contribution in [2.24, 2.45) is 11.3 Å². The van der Waals surface area contributed by atoms with Crippen LogP contribution >= 0.6 is 0 Å². The molecule has 0 aromatic carbocycles. The standard InChI is InChI=1S/C11H19NO3/c1-10(2,3)11-4-7(8(13)5-11)6-12(11)9(14)15/h7-8,13H,4-6H2,1-3H3,(H,14,15)/t7-,8?,11-/m0/s1. The second kappa shape index (κ2) is 2.88. The highest BCUT2D eigenvalue weighted by Gasteiger charge is 2.61. The number of likely N-dealkylation sites (tertiary alicyclic amines) is 1. The molecule has 2 rings (SSSR count). The van der Waals surface area contributed by atoms with Crippen LogP contribution in [0.5, 0.6) is 0 Å². The average Bonchev–Trinajstić information content (AvgIpc) is 2.57. The number of amides is 1. The van der Waals surface area contributed by atoms with Crippen LogP contribution in [0.25, 0.3) is 0 Å². The van der Waals surface area contributed by atoms with Crippen LogP contribution in [0.4, 0.5) is 4.79 Å². The van der Waals surface area contributed by atoms with Gasteiger partial charge in [0.15, 0.2) is 0 Å². The zero-order valence-electron chi connectivity index (χ0n) is 9.53. The molecule has 0 aromatic heterocycles. The first-order valence-corrected chi connectivity index (χ1v) is 5.46. The number of carboxylic acid groups (broad SMARTS) is 1. The summed E-state index contributed by atoms with van der Waals surface area (Å²) in [6, 6.07) is 0. The van der Waals surface area contributed by atoms with Gasteiger partial charge in [0.05, 0.1) is 11.6 Å². The van der Waals surface area contributed by atoms with Crippen LogP contribution in [-0.4, -0.2) is 39.4 Å². The van der Waals surface area contributed by atoms with E-state index in [1.807, 2.05) is 0 Å². The lowest BCUT2D eigenvalue weighted by atomic mass is 9.72. The highest BCUT2D eigenvalue weighted by molar-refractivity contribution is 5.67. The first-order chi connectivity index (χ1) is 6.78. The quantitative estimate of drug-likeness (QED) is 0.641. The SMILES string of the molecule is CC(C)(C)[C@]12CC(O)[C@H](CN1C(=O)O)C2. The van der Waals surface area contributed by atoms with Gasteiger partial charge in [0, 0.05) is 12.5 Å². The Bertz CT molecular complexity index is 293. The molecule has 2 bridgehead atoms. The second-order valence-electron chi connectivity index (χ2n) is 5.91. The molecule has 4 heteroatoms. The number of rotatable bonds is 0. The van der Waals surface area contributed by atoms with Crippen molar-refractivity contribution in [2.75, 3.05) is 6.54 Å². The zero-order valence-corrected chi connectivity index (χ0v) is 9.53. The van der Waals surface area contributed by atoms with Gasteiger partial charge in [0.1, 0.15) is 0 Å². The predicted octanol–water partition coefficient (Wildman–Crippen LogP) is 1.54. The summed E-state index contributed by atoms with van der Waals surface area (Å²) < 4.78 is 0. The van der Waals surface area contributed by atoms with E-state index in [0.29, 0.717) is 13.0 Å². The number of hydrogen-bond donors (Lipinski definition) is 2. The number of aliphatic hydroxyl groups is 1. The third-order valence-electron chi connectivity index (χ3n) is 4.25. The number of carbonyl (C=O) groups is 1. The third kappa shape index (κ3) is 1.27. The summed E-state index contributed by atoms with van der Waals surface area (Å²) in [5, 5.41) is 19.0. The van der Waals surface area contributed by atoms with Gasteiger partial charge in [-0.1, -0.05) is 20.8 Å².